The molecule has 0 radical (unpaired) electrons. The fraction of sp³-hybridized carbons (Fsp3) is 0.408. The summed E-state index contributed by atoms with van der Waals surface area (Å²) in [6.07, 6.45) is 15.9. The number of rotatable bonds is 20. The van der Waals surface area contributed by atoms with Crippen molar-refractivity contribution in [2.75, 3.05) is 50.2 Å². The van der Waals surface area contributed by atoms with E-state index in [0.29, 0.717) is 11.3 Å². The third-order valence-electron chi connectivity index (χ3n) is 8.92. The quantitative estimate of drug-likeness (QED) is 0.0451. The SMILES string of the molecule is CCCCN(CCCC)c1ccc(C=Cc2cccs2)c(OC)c1.CCCCN(CCCC)c1ccc(C=O)c(OC)c1.CCc1cccs1.[Cl-].[Li+].[c-]1ccccc1. The van der Waals surface area contributed by atoms with Gasteiger partial charge in [0.1, 0.15) is 11.5 Å². The Labute approximate surface area is 378 Å². The van der Waals surface area contributed by atoms with Crippen molar-refractivity contribution in [2.45, 2.75) is 92.4 Å². The average molecular weight is 839 g/mol. The third kappa shape index (κ3) is 22.1. The second-order valence-corrected chi connectivity index (χ2v) is 15.2. The van der Waals surface area contributed by atoms with Crippen molar-refractivity contribution in [3.05, 3.63) is 129 Å². The summed E-state index contributed by atoms with van der Waals surface area (Å²) < 4.78 is 10.9. The Kier molecular flexibility index (Phi) is 33.4. The number of methoxy groups -OCH3 is 2. The van der Waals surface area contributed by atoms with E-state index in [2.05, 4.69) is 116 Å². The van der Waals surface area contributed by atoms with Crippen molar-refractivity contribution in [3.8, 4) is 11.5 Å². The Morgan fingerprint density at radius 1 is 0.603 bits per heavy atom. The number of hydrogen-bond donors (Lipinski definition) is 0. The number of ether oxygens (including phenoxy) is 2. The topological polar surface area (TPSA) is 42.0 Å². The van der Waals surface area contributed by atoms with Crippen LogP contribution < -0.4 is 50.5 Å². The maximum atomic E-state index is 10.9. The van der Waals surface area contributed by atoms with Crippen molar-refractivity contribution in [1.29, 1.82) is 0 Å². The van der Waals surface area contributed by atoms with E-state index in [9.17, 15) is 4.79 Å². The van der Waals surface area contributed by atoms with Crippen LogP contribution in [0.2, 0.25) is 0 Å². The van der Waals surface area contributed by atoms with Crippen LogP contribution in [0.3, 0.4) is 0 Å². The molecule has 0 amide bonds. The van der Waals surface area contributed by atoms with Crippen LogP contribution >= 0.6 is 22.7 Å². The number of aldehydes is 1. The number of carbonyl (C=O) groups excluding carboxylic acids is 1. The molecule has 0 unspecified atom stereocenters. The summed E-state index contributed by atoms with van der Waals surface area (Å²) in [7, 11) is 3.36. The van der Waals surface area contributed by atoms with E-state index in [1.54, 1.807) is 25.6 Å². The van der Waals surface area contributed by atoms with Gasteiger partial charge in [-0.2, -0.15) is 36.4 Å². The number of carbonyl (C=O) groups is 1. The minimum absolute atomic E-state index is 0. The van der Waals surface area contributed by atoms with E-state index in [0.717, 1.165) is 49.5 Å². The number of anilines is 2. The van der Waals surface area contributed by atoms with Gasteiger partial charge in [0, 0.05) is 65.0 Å². The first-order chi connectivity index (χ1) is 27.5. The molecule has 0 N–H and O–H groups in total. The molecule has 0 atom stereocenters. The summed E-state index contributed by atoms with van der Waals surface area (Å²) in [6.45, 7) is 15.4. The van der Waals surface area contributed by atoms with Gasteiger partial charge in [-0.1, -0.05) is 72.4 Å². The maximum Gasteiger partial charge on any atom is 1.00 e. The molecule has 0 aliphatic carbocycles. The van der Waals surface area contributed by atoms with Crippen LogP contribution in [0.1, 0.15) is 112 Å². The number of hydrogen-bond acceptors (Lipinski definition) is 7. The standard InChI is InChI=1S/C21H29NOS.C16H25NO2.C6H8S.C6H5.ClH.Li/c1-4-6-14-22(15-7-5-2)19-12-10-18(21(17-19)23-3)11-13-20-9-8-16-24-20;1-4-6-10-17(11-7-5-2)15-9-8-14(13-18)16(12-15)19-3;1-2-6-4-3-5-7-6;1-2-4-6-5-3-1;;/h8-13,16-17H,4-7,14-15H2,1-3H3;8-9,12-13H,4-7,10-11H2,1-3H3;3-5H,2H2,1H3;1-5H;1H;/q;;;-1;;+1/p-1. The molecule has 0 saturated heterocycles. The summed E-state index contributed by atoms with van der Waals surface area (Å²) in [6, 6.07) is 33.3. The number of unbranched alkanes of at least 4 members (excludes halogenated alkanes) is 4. The molecule has 0 fully saturated rings. The van der Waals surface area contributed by atoms with E-state index >= 15 is 0 Å². The minimum Gasteiger partial charge on any atom is -1.00 e. The number of thiophene rings is 2. The number of nitrogens with zero attached hydrogens (tertiary/aromatic N) is 2. The number of aryl methyl sites for hydroxylation is 1. The Morgan fingerprint density at radius 2 is 1.09 bits per heavy atom. The van der Waals surface area contributed by atoms with Gasteiger partial charge in [0.25, 0.3) is 0 Å². The Hall–Kier alpha value is -3.44. The Morgan fingerprint density at radius 3 is 1.43 bits per heavy atom. The van der Waals surface area contributed by atoms with Gasteiger partial charge in [0.2, 0.25) is 0 Å². The van der Waals surface area contributed by atoms with Crippen LogP contribution in [0.5, 0.6) is 11.5 Å². The fourth-order valence-corrected chi connectivity index (χ4v) is 6.85. The Bertz CT molecular complexity index is 1660. The molecule has 5 aromatic rings. The van der Waals surface area contributed by atoms with Gasteiger partial charge < -0.3 is 31.7 Å². The van der Waals surface area contributed by atoms with Gasteiger partial charge in [-0.25, -0.2) is 0 Å². The molecule has 9 heteroatoms. The van der Waals surface area contributed by atoms with E-state index in [1.165, 1.54) is 73.2 Å². The molecule has 0 aliphatic heterocycles. The molecule has 5 rings (SSSR count). The zero-order valence-corrected chi connectivity index (χ0v) is 38.9. The van der Waals surface area contributed by atoms with Gasteiger partial charge in [-0.15, -0.1) is 22.7 Å². The smallest absolute Gasteiger partial charge is 1.00 e. The van der Waals surface area contributed by atoms with Crippen LogP contribution in [-0.4, -0.2) is 46.7 Å². The van der Waals surface area contributed by atoms with Crippen LogP contribution in [-0.2, 0) is 6.42 Å². The second kappa shape index (κ2) is 35.5. The summed E-state index contributed by atoms with van der Waals surface area (Å²) in [5, 5.41) is 4.21. The Balaban J connectivity index is 0.000000841. The van der Waals surface area contributed by atoms with Gasteiger partial charge in [-0.3, -0.25) is 4.79 Å². The molecular weight excluding hydrogens is 771 g/mol. The van der Waals surface area contributed by atoms with Gasteiger partial charge >= 0.3 is 18.9 Å². The number of halogens is 1. The van der Waals surface area contributed by atoms with Crippen molar-refractivity contribution >= 4 is 52.5 Å². The van der Waals surface area contributed by atoms with Crippen LogP contribution in [0.15, 0.2) is 102 Å². The van der Waals surface area contributed by atoms with E-state index in [1.807, 2.05) is 59.9 Å². The zero-order valence-electron chi connectivity index (χ0n) is 36.6. The molecule has 58 heavy (non-hydrogen) atoms. The fourth-order valence-electron chi connectivity index (χ4n) is 5.58. The maximum absolute atomic E-state index is 10.9. The molecule has 0 bridgehead atoms. The van der Waals surface area contributed by atoms with E-state index in [4.69, 9.17) is 9.47 Å². The molecule has 3 aromatic carbocycles. The normalized spacial score (nSPS) is 9.91. The number of benzene rings is 3. The van der Waals surface area contributed by atoms with Gasteiger partial charge in [-0.05, 0) is 91.4 Å². The zero-order chi connectivity index (χ0) is 40.6. The van der Waals surface area contributed by atoms with Crippen LogP contribution in [0.25, 0.3) is 12.2 Å². The molecule has 2 aromatic heterocycles. The molecule has 2 heterocycles. The first kappa shape index (κ1) is 54.6. The summed E-state index contributed by atoms with van der Waals surface area (Å²) in [5.74, 6) is 1.60. The van der Waals surface area contributed by atoms with E-state index < -0.39 is 0 Å². The van der Waals surface area contributed by atoms with Crippen molar-refractivity contribution in [3.63, 3.8) is 0 Å². The van der Waals surface area contributed by atoms with Crippen molar-refractivity contribution in [1.82, 2.24) is 0 Å². The summed E-state index contributed by atoms with van der Waals surface area (Å²) in [5.41, 5.74) is 4.14. The molecular formula is C49H67ClLiN2O3S2-. The van der Waals surface area contributed by atoms with Crippen LogP contribution in [0, 0.1) is 6.07 Å². The molecule has 312 valence electrons. The second-order valence-electron chi connectivity index (χ2n) is 13.2. The summed E-state index contributed by atoms with van der Waals surface area (Å²) >= 11 is 3.57. The monoisotopic (exact) mass is 837 g/mol. The summed E-state index contributed by atoms with van der Waals surface area (Å²) in [4.78, 5) is 18.5. The molecule has 0 saturated carbocycles. The molecule has 0 aliphatic rings. The van der Waals surface area contributed by atoms with Crippen molar-refractivity contribution < 1.29 is 45.5 Å². The molecule has 5 nitrogen and oxygen atoms in total. The minimum atomic E-state index is 0. The van der Waals surface area contributed by atoms with Gasteiger partial charge in [0.15, 0.2) is 6.29 Å². The predicted molar refractivity (Wildman–Crippen MR) is 248 cm³/mol. The average Bonchev–Trinajstić information content (AvgIpc) is 4.00. The van der Waals surface area contributed by atoms with Crippen molar-refractivity contribution in [2.24, 2.45) is 0 Å². The third-order valence-corrected chi connectivity index (χ3v) is 10.8. The van der Waals surface area contributed by atoms with Gasteiger partial charge in [0.05, 0.1) is 19.8 Å². The van der Waals surface area contributed by atoms with E-state index in [-0.39, 0.29) is 31.3 Å². The van der Waals surface area contributed by atoms with Crippen LogP contribution in [0.4, 0.5) is 11.4 Å². The first-order valence-corrected chi connectivity index (χ1v) is 22.2. The predicted octanol–water partition coefficient (Wildman–Crippen LogP) is 8.05. The first-order valence-electron chi connectivity index (χ1n) is 20.4. The molecule has 0 spiro atoms. The largest absolute Gasteiger partial charge is 1.00 e.